The molecule has 0 fully saturated rings. The second-order valence-corrected chi connectivity index (χ2v) is 4.58. The molecule has 0 amide bonds. The van der Waals surface area contributed by atoms with Crippen LogP contribution in [0, 0.1) is 5.92 Å². The molecule has 12 heavy (non-hydrogen) atoms. The van der Waals surface area contributed by atoms with Gasteiger partial charge in [-0.1, -0.05) is 13.8 Å². The van der Waals surface area contributed by atoms with Gasteiger partial charge in [-0.25, -0.2) is 0 Å². The Morgan fingerprint density at radius 1 is 1.42 bits per heavy atom. The largest absolute Gasteiger partial charge is 0.396 e. The van der Waals surface area contributed by atoms with E-state index in [0.717, 1.165) is 12.3 Å². The summed E-state index contributed by atoms with van der Waals surface area (Å²) in [7, 11) is 0. The Morgan fingerprint density at radius 3 is 2.58 bits per heavy atom. The monoisotopic (exact) mass is 191 g/mol. The van der Waals surface area contributed by atoms with Crippen LogP contribution in [-0.2, 0) is 0 Å². The van der Waals surface area contributed by atoms with Crippen LogP contribution in [0.4, 0.5) is 0 Å². The Labute approximate surface area is 80.1 Å². The average molecular weight is 191 g/mol. The third-order valence-corrected chi connectivity index (χ3v) is 2.84. The molecule has 0 saturated heterocycles. The van der Waals surface area contributed by atoms with Gasteiger partial charge in [-0.3, -0.25) is 0 Å². The third kappa shape index (κ3) is 6.95. The molecule has 2 N–H and O–H groups in total. The lowest BCUT2D eigenvalue weighted by atomic mass is 10.2. The first-order chi connectivity index (χ1) is 5.70. The Bertz CT molecular complexity index is 101. The van der Waals surface area contributed by atoms with Gasteiger partial charge in [-0.05, 0) is 18.6 Å². The summed E-state index contributed by atoms with van der Waals surface area (Å²) in [6.07, 6.45) is 0. The summed E-state index contributed by atoms with van der Waals surface area (Å²) >= 11 is 1.95. The molecule has 2 atom stereocenters. The van der Waals surface area contributed by atoms with E-state index >= 15 is 0 Å². The summed E-state index contributed by atoms with van der Waals surface area (Å²) < 4.78 is 0. The van der Waals surface area contributed by atoms with Crippen molar-refractivity contribution < 1.29 is 5.11 Å². The Hall–Kier alpha value is 0.270. The minimum atomic E-state index is 0.278. The SMILES string of the molecule is CCSCC(C)NCC(C)CO. The van der Waals surface area contributed by atoms with Gasteiger partial charge >= 0.3 is 0 Å². The topological polar surface area (TPSA) is 32.3 Å². The van der Waals surface area contributed by atoms with Gasteiger partial charge in [-0.15, -0.1) is 0 Å². The smallest absolute Gasteiger partial charge is 0.0468 e. The van der Waals surface area contributed by atoms with Crippen LogP contribution < -0.4 is 5.32 Å². The van der Waals surface area contributed by atoms with Gasteiger partial charge < -0.3 is 10.4 Å². The Kier molecular flexibility index (Phi) is 8.07. The molecule has 0 heterocycles. The van der Waals surface area contributed by atoms with E-state index in [0.29, 0.717) is 12.0 Å². The molecule has 2 unspecified atom stereocenters. The zero-order chi connectivity index (χ0) is 9.40. The summed E-state index contributed by atoms with van der Waals surface area (Å²) in [5.74, 6) is 2.72. The molecule has 0 aliphatic carbocycles. The van der Waals surface area contributed by atoms with E-state index in [1.807, 2.05) is 18.7 Å². The fraction of sp³-hybridized carbons (Fsp3) is 1.00. The Morgan fingerprint density at radius 2 is 2.08 bits per heavy atom. The number of aliphatic hydroxyl groups excluding tert-OH is 1. The zero-order valence-corrected chi connectivity index (χ0v) is 9.16. The fourth-order valence-electron chi connectivity index (χ4n) is 0.820. The van der Waals surface area contributed by atoms with E-state index < -0.39 is 0 Å². The lowest BCUT2D eigenvalue weighted by Gasteiger charge is -2.15. The number of nitrogens with one attached hydrogen (secondary N) is 1. The maximum Gasteiger partial charge on any atom is 0.0468 e. The van der Waals surface area contributed by atoms with E-state index in [1.54, 1.807) is 0 Å². The Balaban J connectivity index is 3.24. The molecule has 0 aliphatic heterocycles. The molecule has 0 aromatic carbocycles. The average Bonchev–Trinajstić information content (AvgIpc) is 2.10. The molecule has 3 heteroatoms. The standard InChI is InChI=1S/C9H21NOS/c1-4-12-7-9(3)10-5-8(2)6-11/h8-11H,4-7H2,1-3H3. The zero-order valence-electron chi connectivity index (χ0n) is 8.34. The first-order valence-electron chi connectivity index (χ1n) is 4.62. The molecule has 0 aromatic heterocycles. The van der Waals surface area contributed by atoms with Crippen molar-refractivity contribution in [2.75, 3.05) is 24.7 Å². The normalized spacial score (nSPS) is 16.0. The number of aliphatic hydroxyl groups is 1. The van der Waals surface area contributed by atoms with Crippen molar-refractivity contribution in [3.05, 3.63) is 0 Å². The fourth-order valence-corrected chi connectivity index (χ4v) is 1.53. The van der Waals surface area contributed by atoms with E-state index in [1.165, 1.54) is 5.75 Å². The minimum absolute atomic E-state index is 0.278. The molecule has 0 rings (SSSR count). The van der Waals surface area contributed by atoms with E-state index in [9.17, 15) is 0 Å². The molecule has 0 radical (unpaired) electrons. The van der Waals surface area contributed by atoms with Crippen LogP contribution in [0.25, 0.3) is 0 Å². The van der Waals surface area contributed by atoms with Crippen molar-refractivity contribution in [1.29, 1.82) is 0 Å². The highest BCUT2D eigenvalue weighted by molar-refractivity contribution is 7.99. The maximum absolute atomic E-state index is 8.78. The highest BCUT2D eigenvalue weighted by Gasteiger charge is 2.03. The number of rotatable bonds is 7. The third-order valence-electron chi connectivity index (χ3n) is 1.70. The molecule has 0 saturated carbocycles. The van der Waals surface area contributed by atoms with Crippen LogP contribution >= 0.6 is 11.8 Å². The van der Waals surface area contributed by atoms with Crippen molar-refractivity contribution >= 4 is 11.8 Å². The van der Waals surface area contributed by atoms with Crippen LogP contribution in [0.2, 0.25) is 0 Å². The van der Waals surface area contributed by atoms with Gasteiger partial charge in [0.2, 0.25) is 0 Å². The summed E-state index contributed by atoms with van der Waals surface area (Å²) in [5, 5.41) is 12.2. The van der Waals surface area contributed by atoms with Crippen LogP contribution in [0.5, 0.6) is 0 Å². The van der Waals surface area contributed by atoms with Crippen molar-refractivity contribution in [2.45, 2.75) is 26.8 Å². The minimum Gasteiger partial charge on any atom is -0.396 e. The van der Waals surface area contributed by atoms with Crippen LogP contribution in [0.3, 0.4) is 0 Å². The molecule has 2 nitrogen and oxygen atoms in total. The van der Waals surface area contributed by atoms with Gasteiger partial charge in [0.15, 0.2) is 0 Å². The van der Waals surface area contributed by atoms with Gasteiger partial charge in [0.05, 0.1) is 0 Å². The maximum atomic E-state index is 8.78. The first kappa shape index (κ1) is 12.3. The van der Waals surface area contributed by atoms with E-state index in [-0.39, 0.29) is 6.61 Å². The lowest BCUT2D eigenvalue weighted by Crippen LogP contribution is -2.33. The summed E-state index contributed by atoms with van der Waals surface area (Å²) in [4.78, 5) is 0. The predicted octanol–water partition coefficient (Wildman–Crippen LogP) is 1.35. The van der Waals surface area contributed by atoms with Crippen molar-refractivity contribution in [3.63, 3.8) is 0 Å². The molecular formula is C9H21NOS. The number of hydrogen-bond donors (Lipinski definition) is 2. The summed E-state index contributed by atoms with van der Waals surface area (Å²) in [6, 6.07) is 0.559. The second kappa shape index (κ2) is 7.90. The second-order valence-electron chi connectivity index (χ2n) is 3.26. The van der Waals surface area contributed by atoms with Gasteiger partial charge in [0, 0.05) is 24.9 Å². The van der Waals surface area contributed by atoms with Crippen LogP contribution in [0.1, 0.15) is 20.8 Å². The van der Waals surface area contributed by atoms with Gasteiger partial charge in [-0.2, -0.15) is 11.8 Å². The molecule has 0 spiro atoms. The highest BCUT2D eigenvalue weighted by atomic mass is 32.2. The van der Waals surface area contributed by atoms with Gasteiger partial charge in [0.25, 0.3) is 0 Å². The van der Waals surface area contributed by atoms with Crippen molar-refractivity contribution in [3.8, 4) is 0 Å². The molecule has 0 bridgehead atoms. The summed E-state index contributed by atoms with van der Waals surface area (Å²) in [6.45, 7) is 7.61. The van der Waals surface area contributed by atoms with Crippen molar-refractivity contribution in [1.82, 2.24) is 5.32 Å². The highest BCUT2D eigenvalue weighted by Crippen LogP contribution is 2.01. The van der Waals surface area contributed by atoms with E-state index in [2.05, 4.69) is 19.2 Å². The molecule has 74 valence electrons. The lowest BCUT2D eigenvalue weighted by molar-refractivity contribution is 0.232. The van der Waals surface area contributed by atoms with Crippen molar-refractivity contribution in [2.24, 2.45) is 5.92 Å². The van der Waals surface area contributed by atoms with Crippen LogP contribution in [0.15, 0.2) is 0 Å². The molecular weight excluding hydrogens is 170 g/mol. The summed E-state index contributed by atoms with van der Waals surface area (Å²) in [5.41, 5.74) is 0. The number of thioether (sulfide) groups is 1. The van der Waals surface area contributed by atoms with Crippen LogP contribution in [-0.4, -0.2) is 35.8 Å². The van der Waals surface area contributed by atoms with E-state index in [4.69, 9.17) is 5.11 Å². The quantitative estimate of drug-likeness (QED) is 0.637. The number of hydrogen-bond acceptors (Lipinski definition) is 3. The predicted molar refractivity (Wildman–Crippen MR) is 56.7 cm³/mol. The van der Waals surface area contributed by atoms with Gasteiger partial charge in [0.1, 0.15) is 0 Å². The molecule has 0 aliphatic rings. The molecule has 0 aromatic rings. The first-order valence-corrected chi connectivity index (χ1v) is 5.78.